The molecule has 0 spiro atoms. The van der Waals surface area contributed by atoms with Gasteiger partial charge in [-0.25, -0.2) is 10.9 Å². The van der Waals surface area contributed by atoms with Crippen molar-refractivity contribution in [2.24, 2.45) is 0 Å². The van der Waals surface area contributed by atoms with Crippen molar-refractivity contribution in [3.8, 4) is 0 Å². The van der Waals surface area contributed by atoms with E-state index < -0.39 is 0 Å². The van der Waals surface area contributed by atoms with Crippen LogP contribution in [0, 0.1) is 0 Å². The maximum Gasteiger partial charge on any atom is -0.00148 e. The van der Waals surface area contributed by atoms with Gasteiger partial charge in [0.1, 0.15) is 0 Å². The van der Waals surface area contributed by atoms with Crippen molar-refractivity contribution in [2.75, 3.05) is 20.6 Å². The smallest absolute Gasteiger partial charge is 0.00148 e. The second-order valence-corrected chi connectivity index (χ2v) is 5.94. The minimum atomic E-state index is 0.0752. The number of hydrogen-bond donors (Lipinski definition) is 1. The Morgan fingerprint density at radius 2 is 1.83 bits per heavy atom. The SMILES string of the molecule is CC(CCN(C)C)[SH]1C=CC=C1. The van der Waals surface area contributed by atoms with Gasteiger partial charge in [0.15, 0.2) is 0 Å². The van der Waals surface area contributed by atoms with E-state index in [-0.39, 0.29) is 10.9 Å². The highest BCUT2D eigenvalue weighted by atomic mass is 32.2. The van der Waals surface area contributed by atoms with Gasteiger partial charge >= 0.3 is 0 Å². The van der Waals surface area contributed by atoms with Crippen LogP contribution in [-0.2, 0) is 0 Å². The van der Waals surface area contributed by atoms with Crippen LogP contribution >= 0.6 is 10.9 Å². The normalized spacial score (nSPS) is 20.8. The number of rotatable bonds is 4. The van der Waals surface area contributed by atoms with Gasteiger partial charge in [-0.1, -0.05) is 19.1 Å². The van der Waals surface area contributed by atoms with Crippen LogP contribution in [0.4, 0.5) is 0 Å². The van der Waals surface area contributed by atoms with Gasteiger partial charge in [0, 0.05) is 0 Å². The molecule has 1 rings (SSSR count). The Hall–Kier alpha value is -0.210. The van der Waals surface area contributed by atoms with Gasteiger partial charge in [0.05, 0.1) is 0 Å². The van der Waals surface area contributed by atoms with E-state index in [1.54, 1.807) is 0 Å². The molecular weight excluding hydrogens is 166 g/mol. The van der Waals surface area contributed by atoms with E-state index in [0.29, 0.717) is 0 Å². The van der Waals surface area contributed by atoms with E-state index in [0.717, 1.165) is 5.25 Å². The van der Waals surface area contributed by atoms with Crippen molar-refractivity contribution in [3.63, 3.8) is 0 Å². The van der Waals surface area contributed by atoms with Crippen LogP contribution in [0.25, 0.3) is 0 Å². The molecule has 0 aliphatic carbocycles. The Morgan fingerprint density at radius 1 is 1.25 bits per heavy atom. The van der Waals surface area contributed by atoms with Crippen LogP contribution in [0.5, 0.6) is 0 Å². The largest absolute Gasteiger partial charge is 0.309 e. The van der Waals surface area contributed by atoms with Crippen LogP contribution in [0.15, 0.2) is 23.0 Å². The van der Waals surface area contributed by atoms with Crippen molar-refractivity contribution in [1.82, 2.24) is 4.90 Å². The number of thiol groups is 1. The Balaban J connectivity index is 2.23. The van der Waals surface area contributed by atoms with Crippen LogP contribution in [0.1, 0.15) is 13.3 Å². The maximum atomic E-state index is 2.36. The molecule has 1 unspecified atom stereocenters. The second-order valence-electron chi connectivity index (χ2n) is 3.57. The quantitative estimate of drug-likeness (QED) is 0.658. The monoisotopic (exact) mass is 185 g/mol. The summed E-state index contributed by atoms with van der Waals surface area (Å²) >= 11 is 0. The van der Waals surface area contributed by atoms with Gasteiger partial charge in [0.2, 0.25) is 0 Å². The molecule has 0 aromatic heterocycles. The van der Waals surface area contributed by atoms with Crippen molar-refractivity contribution in [3.05, 3.63) is 23.0 Å². The second kappa shape index (κ2) is 4.73. The van der Waals surface area contributed by atoms with Crippen LogP contribution in [0.2, 0.25) is 0 Å². The highest BCUT2D eigenvalue weighted by Gasteiger charge is 2.09. The third-order valence-electron chi connectivity index (χ3n) is 2.13. The molecule has 1 aliphatic rings. The molecule has 0 fully saturated rings. The lowest BCUT2D eigenvalue weighted by atomic mass is 10.3. The molecular formula is C10H19NS. The first-order chi connectivity index (χ1) is 5.70. The Bertz CT molecular complexity index is 172. The molecule has 0 aromatic carbocycles. The summed E-state index contributed by atoms with van der Waals surface area (Å²) in [6.07, 6.45) is 5.67. The van der Waals surface area contributed by atoms with Crippen LogP contribution in [0.3, 0.4) is 0 Å². The van der Waals surface area contributed by atoms with Crippen molar-refractivity contribution in [2.45, 2.75) is 18.6 Å². The Kier molecular flexibility index (Phi) is 3.89. The average Bonchev–Trinajstić information content (AvgIpc) is 2.51. The minimum absolute atomic E-state index is 0.0752. The highest BCUT2D eigenvalue weighted by molar-refractivity contribution is 8.22. The van der Waals surface area contributed by atoms with Gasteiger partial charge < -0.3 is 4.90 Å². The van der Waals surface area contributed by atoms with Crippen LogP contribution < -0.4 is 0 Å². The lowest BCUT2D eigenvalue weighted by Crippen LogP contribution is -2.17. The van der Waals surface area contributed by atoms with Crippen molar-refractivity contribution in [1.29, 1.82) is 0 Å². The van der Waals surface area contributed by atoms with Crippen molar-refractivity contribution >= 4 is 10.9 Å². The van der Waals surface area contributed by atoms with Gasteiger partial charge in [-0.15, -0.1) is 0 Å². The molecule has 0 N–H and O–H groups in total. The topological polar surface area (TPSA) is 3.24 Å². The maximum absolute atomic E-state index is 2.36. The molecule has 0 aromatic rings. The number of allylic oxidation sites excluding steroid dienone is 2. The summed E-state index contributed by atoms with van der Waals surface area (Å²) in [6.45, 7) is 3.57. The van der Waals surface area contributed by atoms with E-state index in [4.69, 9.17) is 0 Å². The van der Waals surface area contributed by atoms with Crippen LogP contribution in [-0.4, -0.2) is 30.8 Å². The Labute approximate surface area is 78.5 Å². The molecule has 1 heterocycles. The molecule has 0 bridgehead atoms. The zero-order chi connectivity index (χ0) is 8.97. The average molecular weight is 185 g/mol. The summed E-state index contributed by atoms with van der Waals surface area (Å²) < 4.78 is 0. The number of hydrogen-bond acceptors (Lipinski definition) is 1. The molecule has 0 radical (unpaired) electrons. The molecule has 1 atom stereocenters. The Morgan fingerprint density at radius 3 is 2.33 bits per heavy atom. The predicted molar refractivity (Wildman–Crippen MR) is 59.9 cm³/mol. The highest BCUT2D eigenvalue weighted by Crippen LogP contribution is 2.39. The fourth-order valence-electron chi connectivity index (χ4n) is 1.24. The fourth-order valence-corrected chi connectivity index (χ4v) is 2.93. The van der Waals surface area contributed by atoms with Gasteiger partial charge in [-0.3, -0.25) is 0 Å². The molecule has 1 aliphatic heterocycles. The third kappa shape index (κ3) is 3.03. The van der Waals surface area contributed by atoms with Gasteiger partial charge in [0.25, 0.3) is 0 Å². The summed E-state index contributed by atoms with van der Waals surface area (Å²) in [5.41, 5.74) is 0. The van der Waals surface area contributed by atoms with Gasteiger partial charge in [-0.2, -0.15) is 0 Å². The third-order valence-corrected chi connectivity index (χ3v) is 4.44. The van der Waals surface area contributed by atoms with E-state index in [1.165, 1.54) is 13.0 Å². The van der Waals surface area contributed by atoms with E-state index in [9.17, 15) is 0 Å². The summed E-state index contributed by atoms with van der Waals surface area (Å²) in [5.74, 6) is 0. The molecule has 0 saturated heterocycles. The minimum Gasteiger partial charge on any atom is -0.309 e. The van der Waals surface area contributed by atoms with E-state index >= 15 is 0 Å². The predicted octanol–water partition coefficient (Wildman–Crippen LogP) is 2.37. The molecule has 2 heteroatoms. The van der Waals surface area contributed by atoms with Gasteiger partial charge in [-0.05, 0) is 43.1 Å². The molecule has 0 amide bonds. The first-order valence-corrected chi connectivity index (χ1v) is 6.02. The fraction of sp³-hybridized carbons (Fsp3) is 0.600. The summed E-state index contributed by atoms with van der Waals surface area (Å²) in [5, 5.41) is 5.56. The molecule has 0 saturated carbocycles. The first-order valence-electron chi connectivity index (χ1n) is 4.47. The lowest BCUT2D eigenvalue weighted by molar-refractivity contribution is 0.400. The molecule has 70 valence electrons. The molecule has 12 heavy (non-hydrogen) atoms. The first kappa shape index (κ1) is 9.87. The van der Waals surface area contributed by atoms with E-state index in [2.05, 4.69) is 48.9 Å². The standard InChI is InChI=1S/C10H19NS/c1-10(6-7-11(2)3)12-8-4-5-9-12/h4-5,8-10,12H,6-7H2,1-3H3. The lowest BCUT2D eigenvalue weighted by Gasteiger charge is -2.21. The van der Waals surface area contributed by atoms with Crippen molar-refractivity contribution < 1.29 is 0 Å². The zero-order valence-electron chi connectivity index (χ0n) is 8.20. The number of nitrogens with zero attached hydrogens (tertiary/aromatic N) is 1. The van der Waals surface area contributed by atoms with E-state index in [1.807, 2.05) is 0 Å². The summed E-state index contributed by atoms with van der Waals surface area (Å²) in [4.78, 5) is 2.26. The summed E-state index contributed by atoms with van der Waals surface area (Å²) in [7, 11) is 4.35. The zero-order valence-corrected chi connectivity index (χ0v) is 9.09. The molecule has 1 nitrogen and oxygen atoms in total. The summed E-state index contributed by atoms with van der Waals surface area (Å²) in [6, 6.07) is 0.